The highest BCUT2D eigenvalue weighted by Gasteiger charge is 2.38. The Morgan fingerprint density at radius 2 is 2.38 bits per heavy atom. The Morgan fingerprint density at radius 3 is 3.08 bits per heavy atom. The van der Waals surface area contributed by atoms with Crippen molar-refractivity contribution < 1.29 is 14.2 Å². The van der Waals surface area contributed by atoms with Crippen LogP contribution >= 0.6 is 15.9 Å². The number of aliphatic hydroxyl groups is 1. The van der Waals surface area contributed by atoms with Crippen LogP contribution in [0.15, 0.2) is 22.7 Å². The van der Waals surface area contributed by atoms with E-state index in [0.717, 1.165) is 10.0 Å². The summed E-state index contributed by atoms with van der Waals surface area (Å²) in [7, 11) is 0. The zero-order valence-corrected chi connectivity index (χ0v) is 8.34. The Labute approximate surface area is 83.5 Å². The number of halogens is 2. The van der Waals surface area contributed by atoms with Gasteiger partial charge in [-0.15, -0.1) is 0 Å². The van der Waals surface area contributed by atoms with Crippen molar-refractivity contribution in [3.63, 3.8) is 0 Å². The van der Waals surface area contributed by atoms with Crippen LogP contribution in [-0.2, 0) is 6.42 Å². The number of ether oxygens (including phenoxy) is 1. The first-order valence-corrected chi connectivity index (χ1v) is 4.69. The van der Waals surface area contributed by atoms with Gasteiger partial charge >= 0.3 is 0 Å². The monoisotopic (exact) mass is 246 g/mol. The normalized spacial score (nSPS) is 25.5. The molecule has 1 aliphatic heterocycles. The van der Waals surface area contributed by atoms with Crippen LogP contribution in [0.3, 0.4) is 0 Å². The summed E-state index contributed by atoms with van der Waals surface area (Å²) in [5.74, 6) is -1.41. The van der Waals surface area contributed by atoms with E-state index in [1.165, 1.54) is 0 Å². The van der Waals surface area contributed by atoms with E-state index in [-0.39, 0.29) is 6.42 Å². The molecule has 2 rings (SSSR count). The third-order valence-electron chi connectivity index (χ3n) is 2.01. The maximum absolute atomic E-state index is 13.5. The Bertz CT molecular complexity index is 342. The van der Waals surface area contributed by atoms with Crippen LogP contribution in [0.5, 0.6) is 5.75 Å². The molecule has 1 N–H and O–H groups in total. The van der Waals surface area contributed by atoms with Crippen LogP contribution in [0.4, 0.5) is 4.39 Å². The predicted molar refractivity (Wildman–Crippen MR) is 49.4 cm³/mol. The van der Waals surface area contributed by atoms with Gasteiger partial charge in [-0.2, -0.15) is 4.39 Å². The summed E-state index contributed by atoms with van der Waals surface area (Å²) in [5.41, 5.74) is 0.783. The Kier molecular flexibility index (Phi) is 2.04. The number of benzene rings is 1. The van der Waals surface area contributed by atoms with Crippen LogP contribution < -0.4 is 4.74 Å². The lowest BCUT2D eigenvalue weighted by Crippen LogP contribution is -2.32. The molecule has 0 saturated heterocycles. The fourth-order valence-electron chi connectivity index (χ4n) is 1.39. The van der Waals surface area contributed by atoms with Crippen molar-refractivity contribution in [2.75, 3.05) is 6.61 Å². The van der Waals surface area contributed by atoms with E-state index in [9.17, 15) is 4.39 Å². The van der Waals surface area contributed by atoms with Gasteiger partial charge in [-0.25, -0.2) is 0 Å². The highest BCUT2D eigenvalue weighted by molar-refractivity contribution is 9.10. The van der Waals surface area contributed by atoms with Crippen molar-refractivity contribution in [1.82, 2.24) is 0 Å². The molecule has 1 aromatic rings. The van der Waals surface area contributed by atoms with Gasteiger partial charge in [0.25, 0.3) is 5.85 Å². The number of hydrogen-bond acceptors (Lipinski definition) is 2. The molecule has 4 heteroatoms. The quantitative estimate of drug-likeness (QED) is 0.822. The van der Waals surface area contributed by atoms with Gasteiger partial charge < -0.3 is 9.84 Å². The average molecular weight is 247 g/mol. The van der Waals surface area contributed by atoms with Crippen molar-refractivity contribution in [3.8, 4) is 5.75 Å². The van der Waals surface area contributed by atoms with Crippen LogP contribution in [0.25, 0.3) is 0 Å². The number of hydrogen-bond donors (Lipinski definition) is 1. The molecule has 2 nitrogen and oxygen atoms in total. The van der Waals surface area contributed by atoms with Gasteiger partial charge in [0, 0.05) is 16.5 Å². The first kappa shape index (κ1) is 8.97. The first-order valence-electron chi connectivity index (χ1n) is 3.90. The smallest absolute Gasteiger partial charge is 0.275 e. The summed E-state index contributed by atoms with van der Waals surface area (Å²) < 4.78 is 19.3. The van der Waals surface area contributed by atoms with Crippen molar-refractivity contribution in [3.05, 3.63) is 28.2 Å². The molecular weight excluding hydrogens is 239 g/mol. The van der Waals surface area contributed by atoms with E-state index < -0.39 is 12.5 Å². The number of fused-ring (bicyclic) bond motifs is 1. The van der Waals surface area contributed by atoms with Crippen LogP contribution in [0, 0.1) is 0 Å². The van der Waals surface area contributed by atoms with E-state index in [4.69, 9.17) is 9.84 Å². The maximum atomic E-state index is 13.5. The van der Waals surface area contributed by atoms with Gasteiger partial charge in [0.2, 0.25) is 0 Å². The van der Waals surface area contributed by atoms with Gasteiger partial charge in [-0.05, 0) is 18.2 Å². The summed E-state index contributed by atoms with van der Waals surface area (Å²) in [5, 5.41) is 8.76. The summed E-state index contributed by atoms with van der Waals surface area (Å²) in [6.45, 7) is -0.612. The summed E-state index contributed by atoms with van der Waals surface area (Å²) in [4.78, 5) is 0. The lowest BCUT2D eigenvalue weighted by atomic mass is 10.1. The van der Waals surface area contributed by atoms with Crippen LogP contribution in [-0.4, -0.2) is 17.6 Å². The molecule has 70 valence electrons. The topological polar surface area (TPSA) is 29.5 Å². The molecule has 1 atom stereocenters. The summed E-state index contributed by atoms with van der Waals surface area (Å²) >= 11 is 3.28. The minimum Gasteiger partial charge on any atom is -0.455 e. The zero-order valence-electron chi connectivity index (χ0n) is 6.76. The molecule has 1 aliphatic rings. The lowest BCUT2D eigenvalue weighted by Gasteiger charge is -2.15. The highest BCUT2D eigenvalue weighted by atomic mass is 79.9. The second kappa shape index (κ2) is 2.96. The Balaban J connectivity index is 2.35. The third-order valence-corrected chi connectivity index (χ3v) is 2.50. The van der Waals surface area contributed by atoms with Crippen molar-refractivity contribution in [2.24, 2.45) is 0 Å². The van der Waals surface area contributed by atoms with Gasteiger partial charge in [0.05, 0.1) is 0 Å². The SMILES string of the molecule is OCC1(F)Cc2cc(Br)ccc2O1. The van der Waals surface area contributed by atoms with E-state index in [0.29, 0.717) is 5.75 Å². The fourth-order valence-corrected chi connectivity index (χ4v) is 1.80. The number of alkyl halides is 1. The molecule has 0 amide bonds. The molecule has 0 aromatic heterocycles. The van der Waals surface area contributed by atoms with Gasteiger partial charge in [-0.1, -0.05) is 15.9 Å². The molecule has 0 saturated carbocycles. The highest BCUT2D eigenvalue weighted by Crippen LogP contribution is 2.37. The molecule has 0 spiro atoms. The maximum Gasteiger partial charge on any atom is 0.275 e. The fraction of sp³-hybridized carbons (Fsp3) is 0.333. The van der Waals surface area contributed by atoms with Crippen molar-refractivity contribution >= 4 is 15.9 Å². The summed E-state index contributed by atoms with van der Waals surface area (Å²) in [6, 6.07) is 5.27. The number of rotatable bonds is 1. The Morgan fingerprint density at radius 1 is 1.62 bits per heavy atom. The second-order valence-electron chi connectivity index (χ2n) is 3.07. The average Bonchev–Trinajstić information content (AvgIpc) is 2.42. The van der Waals surface area contributed by atoms with E-state index in [1.54, 1.807) is 18.2 Å². The lowest BCUT2D eigenvalue weighted by molar-refractivity contribution is -0.0832. The predicted octanol–water partition coefficient (Wildman–Crippen LogP) is 2.04. The molecule has 1 aromatic carbocycles. The summed E-state index contributed by atoms with van der Waals surface area (Å²) in [6.07, 6.45) is 0.109. The molecule has 0 fully saturated rings. The minimum atomic E-state index is -1.93. The third kappa shape index (κ3) is 1.56. The van der Waals surface area contributed by atoms with E-state index in [2.05, 4.69) is 15.9 Å². The number of aliphatic hydroxyl groups excluding tert-OH is 1. The van der Waals surface area contributed by atoms with Crippen molar-refractivity contribution in [2.45, 2.75) is 12.3 Å². The van der Waals surface area contributed by atoms with Crippen molar-refractivity contribution in [1.29, 1.82) is 0 Å². The van der Waals surface area contributed by atoms with Gasteiger partial charge in [0.15, 0.2) is 0 Å². The zero-order chi connectivity index (χ0) is 9.47. The Hall–Kier alpha value is -0.610. The van der Waals surface area contributed by atoms with Crippen LogP contribution in [0.1, 0.15) is 5.56 Å². The van der Waals surface area contributed by atoms with Gasteiger partial charge in [0.1, 0.15) is 12.4 Å². The molecule has 1 unspecified atom stereocenters. The largest absolute Gasteiger partial charge is 0.455 e. The van der Waals surface area contributed by atoms with E-state index >= 15 is 0 Å². The standard InChI is InChI=1S/C9H8BrFO2/c10-7-1-2-8-6(3-7)4-9(11,5-12)13-8/h1-3,12H,4-5H2. The molecule has 0 radical (unpaired) electrons. The van der Waals surface area contributed by atoms with E-state index in [1.807, 2.05) is 0 Å². The minimum absolute atomic E-state index is 0.109. The molecule has 1 heterocycles. The molecule has 0 aliphatic carbocycles. The first-order chi connectivity index (χ1) is 6.13. The molecule has 0 bridgehead atoms. The van der Waals surface area contributed by atoms with Crippen LogP contribution in [0.2, 0.25) is 0 Å². The molecule has 13 heavy (non-hydrogen) atoms. The second-order valence-corrected chi connectivity index (χ2v) is 3.99. The van der Waals surface area contributed by atoms with Gasteiger partial charge in [-0.3, -0.25) is 0 Å². The molecular formula is C9H8BrFO2.